The van der Waals surface area contributed by atoms with Crippen LogP contribution in [-0.4, -0.2) is 10.6 Å². The first kappa shape index (κ1) is 15.2. The summed E-state index contributed by atoms with van der Waals surface area (Å²) in [6, 6.07) is 0. The van der Waals surface area contributed by atoms with Crippen LogP contribution in [0.15, 0.2) is 0 Å². The Morgan fingerprint density at radius 1 is 1.33 bits per heavy atom. The van der Waals surface area contributed by atoms with Crippen molar-refractivity contribution in [2.45, 2.75) is 51.6 Å². The van der Waals surface area contributed by atoms with Gasteiger partial charge in [-0.25, -0.2) is 0 Å². The van der Waals surface area contributed by atoms with Crippen molar-refractivity contribution in [3.63, 3.8) is 0 Å². The second-order valence-electron chi connectivity index (χ2n) is 3.09. The molecule has 0 amide bonds. The maximum absolute atomic E-state index is 10.5. The predicted molar refractivity (Wildman–Crippen MR) is 49.4 cm³/mol. The van der Waals surface area contributed by atoms with Gasteiger partial charge >= 0.3 is 0 Å². The molecule has 0 bridgehead atoms. The van der Waals surface area contributed by atoms with Gasteiger partial charge in [-0.15, -0.1) is 0 Å². The molecule has 0 radical (unpaired) electrons. The van der Waals surface area contributed by atoms with Crippen molar-refractivity contribution >= 4 is 8.03 Å². The zero-order valence-corrected chi connectivity index (χ0v) is 9.77. The second-order valence-corrected chi connectivity index (χ2v) is 4.75. The van der Waals surface area contributed by atoms with E-state index in [0.29, 0.717) is 0 Å². The molecule has 1 N–H and O–H groups in total. The molecule has 78 valence electrons. The molecule has 0 heterocycles. The minimum absolute atomic E-state index is 0. The Morgan fingerprint density at radius 3 is 2.33 bits per heavy atom. The largest absolute Gasteiger partial charge is 0.346 e. The molecule has 0 saturated heterocycles. The fourth-order valence-corrected chi connectivity index (χ4v) is 1.45. The molecule has 0 aliphatic carbocycles. The van der Waals surface area contributed by atoms with Crippen molar-refractivity contribution in [1.82, 2.24) is 0 Å². The summed E-state index contributed by atoms with van der Waals surface area (Å²) in [5, 5.41) is 0. The molecule has 2 nitrogen and oxygen atoms in total. The third kappa shape index (κ3) is 8.78. The third-order valence-electron chi connectivity index (χ3n) is 1.91. The zero-order valence-electron chi connectivity index (χ0n) is 7.78. The van der Waals surface area contributed by atoms with Gasteiger partial charge in [0.05, 0.1) is 0 Å². The van der Waals surface area contributed by atoms with E-state index < -0.39 is 8.03 Å². The summed E-state index contributed by atoms with van der Waals surface area (Å²) in [4.78, 5) is 8.72. The van der Waals surface area contributed by atoms with Gasteiger partial charge in [0, 0.05) is 22.2 Å². The molecule has 0 aliphatic heterocycles. The molecule has 0 rings (SSSR count). The number of unbranched alkanes of at least 4 members (excludes halogenated alkanes) is 3. The van der Waals surface area contributed by atoms with E-state index in [1.807, 2.05) is 6.92 Å². The minimum Gasteiger partial charge on any atom is -0.346 e. The van der Waals surface area contributed by atoms with Crippen molar-refractivity contribution in [1.29, 1.82) is 0 Å². The van der Waals surface area contributed by atoms with Gasteiger partial charge in [0.2, 0.25) is 0 Å². The molecule has 12 heavy (non-hydrogen) atoms. The van der Waals surface area contributed by atoms with Gasteiger partial charge in [-0.05, 0) is 6.42 Å². The average molecular weight is 237 g/mol. The smallest absolute Gasteiger partial charge is 0.191 e. The van der Waals surface area contributed by atoms with Crippen molar-refractivity contribution in [3.8, 4) is 0 Å². The van der Waals surface area contributed by atoms with Crippen LogP contribution in [0.5, 0.6) is 0 Å². The summed E-state index contributed by atoms with van der Waals surface area (Å²) in [5.41, 5.74) is 0.0249. The molecule has 0 aromatic heterocycles. The molecule has 0 aromatic rings. The van der Waals surface area contributed by atoms with Crippen LogP contribution in [-0.2, 0) is 21.1 Å². The van der Waals surface area contributed by atoms with Crippen molar-refractivity contribution in [3.05, 3.63) is 0 Å². The van der Waals surface area contributed by atoms with Gasteiger partial charge in [-0.3, -0.25) is 4.57 Å². The third-order valence-corrected chi connectivity index (χ3v) is 3.04. The first-order chi connectivity index (χ1) is 5.18. The van der Waals surface area contributed by atoms with E-state index in [4.69, 9.17) is 4.89 Å². The molecule has 0 fully saturated rings. The summed E-state index contributed by atoms with van der Waals surface area (Å²) in [5.74, 6) is 0. The van der Waals surface area contributed by atoms with Gasteiger partial charge in [0.15, 0.2) is 8.03 Å². The zero-order chi connectivity index (χ0) is 8.69. The second kappa shape index (κ2) is 9.77. The quantitative estimate of drug-likeness (QED) is 0.438. The summed E-state index contributed by atoms with van der Waals surface area (Å²) < 4.78 is 10.5. The van der Waals surface area contributed by atoms with E-state index in [-0.39, 0.29) is 22.2 Å². The average Bonchev–Trinajstić information content (AvgIpc) is 1.97. The Hall–Kier alpha value is 0.684. The predicted octanol–water partition coefficient (Wildman–Crippen LogP) is 2.81. The molecular formula is C8H19NiO2P. The van der Waals surface area contributed by atoms with Crippen LogP contribution < -0.4 is 0 Å². The Balaban J connectivity index is 0. The van der Waals surface area contributed by atoms with E-state index >= 15 is 0 Å². The van der Waals surface area contributed by atoms with Crippen LogP contribution in [0.1, 0.15) is 46.0 Å². The molecular weight excluding hydrogens is 218 g/mol. The van der Waals surface area contributed by atoms with E-state index in [9.17, 15) is 4.57 Å². The minimum atomic E-state index is -2.25. The Bertz CT molecular complexity index is 120. The van der Waals surface area contributed by atoms with Crippen LogP contribution in [0.2, 0.25) is 0 Å². The van der Waals surface area contributed by atoms with E-state index in [1.54, 1.807) is 0 Å². The van der Waals surface area contributed by atoms with Crippen molar-refractivity contribution in [2.24, 2.45) is 0 Å². The van der Waals surface area contributed by atoms with E-state index in [2.05, 4.69) is 6.92 Å². The molecule has 2 atom stereocenters. The number of hydrogen-bond donors (Lipinski definition) is 1. The summed E-state index contributed by atoms with van der Waals surface area (Å²) in [6.07, 6.45) is 5.69. The van der Waals surface area contributed by atoms with Crippen LogP contribution in [0, 0.1) is 0 Å². The monoisotopic (exact) mass is 236 g/mol. The summed E-state index contributed by atoms with van der Waals surface area (Å²) in [7, 11) is -2.25. The number of rotatable bonds is 6. The molecule has 4 heteroatoms. The van der Waals surface area contributed by atoms with E-state index in [1.165, 1.54) is 19.3 Å². The maximum atomic E-state index is 10.5. The van der Waals surface area contributed by atoms with Crippen LogP contribution >= 0.6 is 8.03 Å². The Labute approximate surface area is 85.9 Å². The SMILES string of the molecule is CCCCCCC(C)[PH](=O)O.[Ni]. The van der Waals surface area contributed by atoms with Gasteiger partial charge in [-0.1, -0.05) is 39.5 Å². The summed E-state index contributed by atoms with van der Waals surface area (Å²) in [6.45, 7) is 4.02. The van der Waals surface area contributed by atoms with Crippen LogP contribution in [0.4, 0.5) is 0 Å². The van der Waals surface area contributed by atoms with E-state index in [0.717, 1.165) is 12.8 Å². The molecule has 0 spiro atoms. The van der Waals surface area contributed by atoms with Gasteiger partial charge < -0.3 is 4.89 Å². The first-order valence-corrected chi connectivity index (χ1v) is 5.84. The standard InChI is InChI=1S/C8H19O2P.Ni/c1-3-4-5-6-7-8(2)11(9)10;/h8,11H,3-7H2,1-2H3,(H,9,10);. The fourth-order valence-electron chi connectivity index (χ4n) is 1.00. The van der Waals surface area contributed by atoms with Crippen LogP contribution in [0.3, 0.4) is 0 Å². The Morgan fingerprint density at radius 2 is 1.92 bits per heavy atom. The van der Waals surface area contributed by atoms with Crippen molar-refractivity contribution in [2.75, 3.05) is 0 Å². The molecule has 0 aromatic carbocycles. The van der Waals surface area contributed by atoms with Gasteiger partial charge in [0.25, 0.3) is 0 Å². The van der Waals surface area contributed by atoms with Gasteiger partial charge in [0.1, 0.15) is 0 Å². The molecule has 0 aliphatic rings. The topological polar surface area (TPSA) is 37.3 Å². The Kier molecular flexibility index (Phi) is 12.3. The molecule has 2 unspecified atom stereocenters. The molecule has 0 saturated carbocycles. The summed E-state index contributed by atoms with van der Waals surface area (Å²) >= 11 is 0. The maximum Gasteiger partial charge on any atom is 0.191 e. The normalized spacial score (nSPS) is 14.9. The first-order valence-electron chi connectivity index (χ1n) is 4.41. The van der Waals surface area contributed by atoms with Crippen LogP contribution in [0.25, 0.3) is 0 Å². The number of hydrogen-bond acceptors (Lipinski definition) is 1. The van der Waals surface area contributed by atoms with Gasteiger partial charge in [-0.2, -0.15) is 0 Å². The van der Waals surface area contributed by atoms with Crippen molar-refractivity contribution < 1.29 is 25.9 Å². The fraction of sp³-hybridized carbons (Fsp3) is 1.00.